The van der Waals surface area contributed by atoms with Gasteiger partial charge in [-0.05, 0) is 29.8 Å². The van der Waals surface area contributed by atoms with E-state index >= 15 is 0 Å². The largest absolute Gasteiger partial charge is 0.480 e. The Bertz CT molecular complexity index is 585. The van der Waals surface area contributed by atoms with Crippen molar-refractivity contribution in [3.05, 3.63) is 60.2 Å². The normalized spacial score (nSPS) is 13.5. The number of carbonyl (C=O) groups is 1. The van der Waals surface area contributed by atoms with Crippen molar-refractivity contribution < 1.29 is 19.7 Å². The standard InChI is InChI=1S/C15H15NO4/c16-13(15(18)19)14(17)10-5-4-8-12(9-10)20-11-6-2-1-3-7-11/h1-9,13-14,17H,16H2,(H,18,19). The smallest absolute Gasteiger partial charge is 0.323 e. The van der Waals surface area contributed by atoms with Gasteiger partial charge in [0.15, 0.2) is 0 Å². The molecule has 104 valence electrons. The molecule has 0 fully saturated rings. The first kappa shape index (κ1) is 14.0. The highest BCUT2D eigenvalue weighted by Gasteiger charge is 2.23. The molecule has 0 saturated heterocycles. The fraction of sp³-hybridized carbons (Fsp3) is 0.133. The number of aliphatic carboxylic acids is 1. The average molecular weight is 273 g/mol. The summed E-state index contributed by atoms with van der Waals surface area (Å²) in [6.07, 6.45) is -1.29. The van der Waals surface area contributed by atoms with E-state index < -0.39 is 18.1 Å². The molecule has 0 aromatic heterocycles. The van der Waals surface area contributed by atoms with Crippen LogP contribution in [0, 0.1) is 0 Å². The van der Waals surface area contributed by atoms with Crippen molar-refractivity contribution in [3.8, 4) is 11.5 Å². The van der Waals surface area contributed by atoms with Crippen LogP contribution >= 0.6 is 0 Å². The minimum atomic E-state index is -1.37. The van der Waals surface area contributed by atoms with Crippen LogP contribution in [-0.4, -0.2) is 22.2 Å². The van der Waals surface area contributed by atoms with Crippen molar-refractivity contribution in [1.29, 1.82) is 0 Å². The topological polar surface area (TPSA) is 92.8 Å². The van der Waals surface area contributed by atoms with Gasteiger partial charge in [0.25, 0.3) is 0 Å². The summed E-state index contributed by atoms with van der Waals surface area (Å²) < 4.78 is 5.61. The van der Waals surface area contributed by atoms with Gasteiger partial charge in [-0.15, -0.1) is 0 Å². The van der Waals surface area contributed by atoms with Gasteiger partial charge in [-0.1, -0.05) is 30.3 Å². The van der Waals surface area contributed by atoms with Gasteiger partial charge in [-0.2, -0.15) is 0 Å². The first-order chi connectivity index (χ1) is 9.58. The molecule has 0 aliphatic carbocycles. The number of ether oxygens (including phenoxy) is 1. The molecule has 0 aliphatic rings. The van der Waals surface area contributed by atoms with Crippen molar-refractivity contribution in [2.45, 2.75) is 12.1 Å². The summed E-state index contributed by atoms with van der Waals surface area (Å²) in [6, 6.07) is 14.3. The Labute approximate surface area is 116 Å². The number of hydrogen-bond acceptors (Lipinski definition) is 4. The van der Waals surface area contributed by atoms with E-state index in [1.807, 2.05) is 18.2 Å². The Kier molecular flexibility index (Phi) is 4.34. The van der Waals surface area contributed by atoms with Crippen molar-refractivity contribution in [2.75, 3.05) is 0 Å². The summed E-state index contributed by atoms with van der Waals surface area (Å²) in [5.74, 6) is -0.0982. The monoisotopic (exact) mass is 273 g/mol. The molecule has 0 aliphatic heterocycles. The first-order valence-electron chi connectivity index (χ1n) is 6.07. The number of hydrogen-bond donors (Lipinski definition) is 3. The van der Waals surface area contributed by atoms with Gasteiger partial charge in [-0.25, -0.2) is 0 Å². The van der Waals surface area contributed by atoms with Gasteiger partial charge in [0, 0.05) is 0 Å². The average Bonchev–Trinajstić information content (AvgIpc) is 2.47. The number of aliphatic hydroxyl groups is 1. The Balaban J connectivity index is 2.18. The summed E-state index contributed by atoms with van der Waals surface area (Å²) in [5.41, 5.74) is 5.80. The number of rotatable bonds is 5. The van der Waals surface area contributed by atoms with E-state index in [0.29, 0.717) is 17.1 Å². The predicted octanol–water partition coefficient (Wildman–Crippen LogP) is 1.92. The molecule has 4 N–H and O–H groups in total. The van der Waals surface area contributed by atoms with E-state index in [4.69, 9.17) is 15.6 Å². The van der Waals surface area contributed by atoms with Crippen molar-refractivity contribution >= 4 is 5.97 Å². The molecule has 5 heteroatoms. The van der Waals surface area contributed by atoms with E-state index in [0.717, 1.165) is 0 Å². The zero-order chi connectivity index (χ0) is 14.5. The SMILES string of the molecule is NC(C(=O)O)C(O)c1cccc(Oc2ccccc2)c1. The minimum absolute atomic E-state index is 0.397. The van der Waals surface area contributed by atoms with Crippen molar-refractivity contribution in [3.63, 3.8) is 0 Å². The lowest BCUT2D eigenvalue weighted by Gasteiger charge is -2.16. The molecule has 0 spiro atoms. The lowest BCUT2D eigenvalue weighted by Crippen LogP contribution is -2.36. The Morgan fingerprint density at radius 2 is 1.70 bits per heavy atom. The molecule has 2 aromatic rings. The van der Waals surface area contributed by atoms with Crippen LogP contribution < -0.4 is 10.5 Å². The number of carboxylic acids is 1. The quantitative estimate of drug-likeness (QED) is 0.774. The maximum Gasteiger partial charge on any atom is 0.323 e. The third-order valence-electron chi connectivity index (χ3n) is 2.80. The molecule has 2 atom stereocenters. The van der Waals surface area contributed by atoms with Crippen LogP contribution in [0.3, 0.4) is 0 Å². The Hall–Kier alpha value is -2.37. The number of benzene rings is 2. The predicted molar refractivity (Wildman–Crippen MR) is 73.5 cm³/mol. The highest BCUT2D eigenvalue weighted by atomic mass is 16.5. The maximum absolute atomic E-state index is 10.8. The van der Waals surface area contributed by atoms with Crippen LogP contribution in [0.5, 0.6) is 11.5 Å². The van der Waals surface area contributed by atoms with Gasteiger partial charge in [0.2, 0.25) is 0 Å². The van der Waals surface area contributed by atoms with Crippen molar-refractivity contribution in [2.24, 2.45) is 5.73 Å². The van der Waals surface area contributed by atoms with E-state index in [1.54, 1.807) is 36.4 Å². The molecule has 0 saturated carbocycles. The summed E-state index contributed by atoms with van der Waals surface area (Å²) in [6.45, 7) is 0. The molecule has 20 heavy (non-hydrogen) atoms. The van der Waals surface area contributed by atoms with E-state index in [2.05, 4.69) is 0 Å². The molecular weight excluding hydrogens is 258 g/mol. The number of para-hydroxylation sites is 1. The molecule has 2 rings (SSSR count). The number of nitrogens with two attached hydrogens (primary N) is 1. The van der Waals surface area contributed by atoms with Crippen LogP contribution in [0.25, 0.3) is 0 Å². The minimum Gasteiger partial charge on any atom is -0.480 e. The molecule has 0 heterocycles. The van der Waals surface area contributed by atoms with E-state index in [9.17, 15) is 9.90 Å². The fourth-order valence-electron chi connectivity index (χ4n) is 1.73. The van der Waals surface area contributed by atoms with Crippen LogP contribution in [0.15, 0.2) is 54.6 Å². The maximum atomic E-state index is 10.8. The third kappa shape index (κ3) is 3.34. The third-order valence-corrected chi connectivity index (χ3v) is 2.80. The summed E-state index contributed by atoms with van der Waals surface area (Å²) >= 11 is 0. The molecular formula is C15H15NO4. The molecule has 2 unspecified atom stereocenters. The van der Waals surface area contributed by atoms with Crippen LogP contribution in [0.2, 0.25) is 0 Å². The van der Waals surface area contributed by atoms with Gasteiger partial charge >= 0.3 is 5.97 Å². The summed E-state index contributed by atoms with van der Waals surface area (Å²) in [4.78, 5) is 10.8. The lowest BCUT2D eigenvalue weighted by molar-refractivity contribution is -0.141. The Morgan fingerprint density at radius 3 is 2.35 bits per heavy atom. The lowest BCUT2D eigenvalue weighted by atomic mass is 10.0. The number of carboxylic acid groups (broad SMARTS) is 1. The fourth-order valence-corrected chi connectivity index (χ4v) is 1.73. The van der Waals surface area contributed by atoms with Crippen molar-refractivity contribution in [1.82, 2.24) is 0 Å². The second-order valence-electron chi connectivity index (χ2n) is 4.30. The zero-order valence-electron chi connectivity index (χ0n) is 10.6. The summed E-state index contributed by atoms with van der Waals surface area (Å²) in [5, 5.41) is 18.7. The van der Waals surface area contributed by atoms with Gasteiger partial charge in [-0.3, -0.25) is 4.79 Å². The first-order valence-corrected chi connectivity index (χ1v) is 6.07. The molecule has 0 bridgehead atoms. The van der Waals surface area contributed by atoms with E-state index in [1.165, 1.54) is 0 Å². The van der Waals surface area contributed by atoms with Crippen LogP contribution in [-0.2, 0) is 4.79 Å². The highest BCUT2D eigenvalue weighted by molar-refractivity contribution is 5.74. The molecule has 0 amide bonds. The highest BCUT2D eigenvalue weighted by Crippen LogP contribution is 2.25. The summed E-state index contributed by atoms with van der Waals surface area (Å²) in [7, 11) is 0. The second kappa shape index (κ2) is 6.18. The molecule has 5 nitrogen and oxygen atoms in total. The number of aliphatic hydroxyl groups excluding tert-OH is 1. The van der Waals surface area contributed by atoms with Crippen LogP contribution in [0.4, 0.5) is 0 Å². The van der Waals surface area contributed by atoms with Crippen LogP contribution in [0.1, 0.15) is 11.7 Å². The zero-order valence-corrected chi connectivity index (χ0v) is 10.6. The molecule has 0 radical (unpaired) electrons. The van der Waals surface area contributed by atoms with Gasteiger partial charge in [0.1, 0.15) is 23.6 Å². The van der Waals surface area contributed by atoms with E-state index in [-0.39, 0.29) is 0 Å². The van der Waals surface area contributed by atoms with Gasteiger partial charge in [0.05, 0.1) is 0 Å². The molecule has 2 aromatic carbocycles. The van der Waals surface area contributed by atoms with Gasteiger partial charge < -0.3 is 20.7 Å². The second-order valence-corrected chi connectivity index (χ2v) is 4.30. The Morgan fingerprint density at radius 1 is 1.05 bits per heavy atom.